The largest absolute Gasteiger partial charge is 0.496 e. The van der Waals surface area contributed by atoms with E-state index in [1.807, 2.05) is 6.07 Å². The van der Waals surface area contributed by atoms with Crippen LogP contribution in [0.25, 0.3) is 0 Å². The number of methoxy groups -OCH3 is 1. The Labute approximate surface area is 92.2 Å². The fourth-order valence-corrected chi connectivity index (χ4v) is 1.22. The van der Waals surface area contributed by atoms with E-state index in [0.29, 0.717) is 0 Å². The lowest BCUT2D eigenvalue weighted by Gasteiger charge is -2.07. The van der Waals surface area contributed by atoms with Crippen molar-refractivity contribution in [3.63, 3.8) is 0 Å². The molecule has 0 atom stereocenters. The summed E-state index contributed by atoms with van der Waals surface area (Å²) in [6, 6.07) is 4.47. The Kier molecular flexibility index (Phi) is 3.67. The third-order valence-corrected chi connectivity index (χ3v) is 1.88. The fourth-order valence-electron chi connectivity index (χ4n) is 1.22. The van der Waals surface area contributed by atoms with Gasteiger partial charge in [-0.1, -0.05) is 0 Å². The molecule has 0 radical (unpaired) electrons. The smallest absolute Gasteiger partial charge is 0.316 e. The number of benzene rings is 1. The number of nitro benzene ring substituents is 1. The Morgan fingerprint density at radius 3 is 2.69 bits per heavy atom. The Morgan fingerprint density at radius 2 is 2.25 bits per heavy atom. The lowest BCUT2D eigenvalue weighted by atomic mass is 10.1. The summed E-state index contributed by atoms with van der Waals surface area (Å²) in [5.74, 6) is 0.238. The number of rotatable bonds is 4. The number of hydrogen-bond donors (Lipinski definition) is 0. The van der Waals surface area contributed by atoms with E-state index in [1.54, 1.807) is 6.92 Å². The van der Waals surface area contributed by atoms with Gasteiger partial charge < -0.3 is 9.47 Å². The average Bonchev–Trinajstić information content (AvgIpc) is 2.29. The van der Waals surface area contributed by atoms with Crippen molar-refractivity contribution in [3.8, 4) is 17.6 Å². The first-order valence-corrected chi connectivity index (χ1v) is 4.53. The second kappa shape index (κ2) is 4.98. The molecule has 0 amide bonds. The highest BCUT2D eigenvalue weighted by Crippen LogP contribution is 2.34. The van der Waals surface area contributed by atoms with E-state index in [1.165, 1.54) is 19.2 Å². The van der Waals surface area contributed by atoms with Gasteiger partial charge in [-0.15, -0.1) is 0 Å². The van der Waals surface area contributed by atoms with Gasteiger partial charge in [0, 0.05) is 6.07 Å². The van der Waals surface area contributed by atoms with E-state index in [0.717, 1.165) is 0 Å². The number of ether oxygens (including phenoxy) is 2. The molecular formula is C10H10N2O4. The Hall–Kier alpha value is -2.29. The monoisotopic (exact) mass is 222 g/mol. The van der Waals surface area contributed by atoms with E-state index in [9.17, 15) is 10.1 Å². The van der Waals surface area contributed by atoms with Crippen LogP contribution < -0.4 is 9.47 Å². The van der Waals surface area contributed by atoms with E-state index < -0.39 is 4.92 Å². The van der Waals surface area contributed by atoms with Crippen LogP contribution in [0.2, 0.25) is 0 Å². The lowest BCUT2D eigenvalue weighted by molar-refractivity contribution is -0.385. The van der Waals surface area contributed by atoms with Gasteiger partial charge in [-0.25, -0.2) is 0 Å². The molecule has 0 aliphatic carbocycles. The molecule has 0 spiro atoms. The molecule has 1 aromatic carbocycles. The van der Waals surface area contributed by atoms with Crippen LogP contribution in [0, 0.1) is 21.4 Å². The van der Waals surface area contributed by atoms with Crippen molar-refractivity contribution in [2.24, 2.45) is 0 Å². The predicted molar refractivity (Wildman–Crippen MR) is 55.5 cm³/mol. The van der Waals surface area contributed by atoms with Crippen molar-refractivity contribution in [2.75, 3.05) is 13.7 Å². The van der Waals surface area contributed by atoms with Crippen LogP contribution in [0.3, 0.4) is 0 Å². The summed E-state index contributed by atoms with van der Waals surface area (Å²) in [6.45, 7) is 1.94. The first-order chi connectivity index (χ1) is 7.63. The lowest BCUT2D eigenvalue weighted by Crippen LogP contribution is -2.00. The van der Waals surface area contributed by atoms with Gasteiger partial charge in [0.05, 0.1) is 24.7 Å². The zero-order valence-corrected chi connectivity index (χ0v) is 8.89. The molecular weight excluding hydrogens is 212 g/mol. The predicted octanol–water partition coefficient (Wildman–Crippen LogP) is 1.87. The summed E-state index contributed by atoms with van der Waals surface area (Å²) in [7, 11) is 1.38. The quantitative estimate of drug-likeness (QED) is 0.573. The van der Waals surface area contributed by atoms with Crippen molar-refractivity contribution >= 4 is 5.69 Å². The second-order valence-electron chi connectivity index (χ2n) is 2.83. The minimum absolute atomic E-state index is 0.0178. The minimum atomic E-state index is -0.603. The summed E-state index contributed by atoms with van der Waals surface area (Å²) in [6.07, 6.45) is 0. The topological polar surface area (TPSA) is 85.4 Å². The van der Waals surface area contributed by atoms with Gasteiger partial charge in [-0.05, 0) is 6.92 Å². The van der Waals surface area contributed by atoms with Crippen molar-refractivity contribution in [1.29, 1.82) is 5.26 Å². The highest BCUT2D eigenvalue weighted by Gasteiger charge is 2.21. The molecule has 0 aliphatic rings. The third kappa shape index (κ3) is 2.20. The van der Waals surface area contributed by atoms with Gasteiger partial charge in [0.25, 0.3) is 0 Å². The van der Waals surface area contributed by atoms with Crippen molar-refractivity contribution in [1.82, 2.24) is 0 Å². The zero-order chi connectivity index (χ0) is 12.1. The van der Waals surface area contributed by atoms with Crippen LogP contribution in [0.5, 0.6) is 11.5 Å². The summed E-state index contributed by atoms with van der Waals surface area (Å²) in [5.41, 5.74) is -0.175. The second-order valence-corrected chi connectivity index (χ2v) is 2.83. The molecule has 6 heteroatoms. The molecule has 0 heterocycles. The normalized spacial score (nSPS) is 9.31. The molecule has 1 aromatic rings. The number of nitriles is 1. The standard InChI is InChI=1S/C10H10N2O4/c1-3-16-10-7(6-11)4-8(15-2)5-9(10)12(13)14/h4-5H,3H2,1-2H3. The molecule has 0 saturated carbocycles. The van der Waals surface area contributed by atoms with Gasteiger partial charge >= 0.3 is 5.69 Å². The molecule has 0 saturated heterocycles. The number of nitrogens with zero attached hydrogens (tertiary/aromatic N) is 2. The summed E-state index contributed by atoms with van der Waals surface area (Å²) in [4.78, 5) is 10.2. The van der Waals surface area contributed by atoms with Crippen LogP contribution >= 0.6 is 0 Å². The minimum Gasteiger partial charge on any atom is -0.496 e. The molecule has 0 N–H and O–H groups in total. The van der Waals surface area contributed by atoms with Crippen molar-refractivity contribution in [3.05, 3.63) is 27.8 Å². The molecule has 84 valence electrons. The summed E-state index contributed by atoms with van der Waals surface area (Å²) < 4.78 is 9.97. The Morgan fingerprint density at radius 1 is 1.56 bits per heavy atom. The van der Waals surface area contributed by atoms with Gasteiger partial charge in [-0.3, -0.25) is 10.1 Å². The van der Waals surface area contributed by atoms with Crippen LogP contribution in [-0.4, -0.2) is 18.6 Å². The third-order valence-electron chi connectivity index (χ3n) is 1.88. The Balaban J connectivity index is 3.42. The van der Waals surface area contributed by atoms with Gasteiger partial charge in [0.2, 0.25) is 5.75 Å². The van der Waals surface area contributed by atoms with Crippen LogP contribution in [0.1, 0.15) is 12.5 Å². The maximum atomic E-state index is 10.8. The van der Waals surface area contributed by atoms with Gasteiger partial charge in [0.15, 0.2) is 0 Å². The molecule has 1 rings (SSSR count). The summed E-state index contributed by atoms with van der Waals surface area (Å²) >= 11 is 0. The fraction of sp³-hybridized carbons (Fsp3) is 0.300. The first-order valence-electron chi connectivity index (χ1n) is 4.53. The zero-order valence-electron chi connectivity index (χ0n) is 8.89. The first kappa shape index (κ1) is 11.8. The SMILES string of the molecule is CCOc1c(C#N)cc(OC)cc1[N+](=O)[O-]. The molecule has 0 aliphatic heterocycles. The highest BCUT2D eigenvalue weighted by atomic mass is 16.6. The van der Waals surface area contributed by atoms with Crippen LogP contribution in [0.15, 0.2) is 12.1 Å². The van der Waals surface area contributed by atoms with Gasteiger partial charge in [-0.2, -0.15) is 5.26 Å². The molecule has 0 fully saturated rings. The molecule has 0 unspecified atom stereocenters. The van der Waals surface area contributed by atoms with Crippen LogP contribution in [0.4, 0.5) is 5.69 Å². The molecule has 0 aromatic heterocycles. The van der Waals surface area contributed by atoms with E-state index in [4.69, 9.17) is 14.7 Å². The summed E-state index contributed by atoms with van der Waals surface area (Å²) in [5, 5.41) is 19.7. The maximum Gasteiger partial charge on any atom is 0.316 e. The number of hydrogen-bond acceptors (Lipinski definition) is 5. The molecule has 6 nitrogen and oxygen atoms in total. The average molecular weight is 222 g/mol. The van der Waals surface area contributed by atoms with Crippen molar-refractivity contribution < 1.29 is 14.4 Å². The van der Waals surface area contributed by atoms with E-state index in [-0.39, 0.29) is 29.4 Å². The van der Waals surface area contributed by atoms with Crippen LogP contribution in [-0.2, 0) is 0 Å². The van der Waals surface area contributed by atoms with E-state index >= 15 is 0 Å². The number of nitro groups is 1. The van der Waals surface area contributed by atoms with E-state index in [2.05, 4.69) is 0 Å². The highest BCUT2D eigenvalue weighted by molar-refractivity contribution is 5.60. The molecule has 16 heavy (non-hydrogen) atoms. The van der Waals surface area contributed by atoms with Gasteiger partial charge in [0.1, 0.15) is 17.4 Å². The molecule has 0 bridgehead atoms. The Bertz CT molecular complexity index is 451. The maximum absolute atomic E-state index is 10.8. The van der Waals surface area contributed by atoms with Crippen molar-refractivity contribution in [2.45, 2.75) is 6.92 Å².